The molecule has 2 rings (SSSR count). The van der Waals surface area contributed by atoms with Gasteiger partial charge < -0.3 is 11.1 Å². The Morgan fingerprint density at radius 3 is 2.41 bits per heavy atom. The van der Waals surface area contributed by atoms with Crippen LogP contribution in [0, 0.1) is 0 Å². The maximum atomic E-state index is 11.4. The Kier molecular flexibility index (Phi) is 6.40. The molecule has 22 heavy (non-hydrogen) atoms. The van der Waals surface area contributed by atoms with Crippen LogP contribution in [0.4, 0.5) is 0 Å². The Bertz CT molecular complexity index is 453. The van der Waals surface area contributed by atoms with Gasteiger partial charge >= 0.3 is 0 Å². The number of carbonyl (C=O) groups excluding carboxylic acids is 1. The third kappa shape index (κ3) is 4.82. The first-order chi connectivity index (χ1) is 10.6. The smallest absolute Gasteiger partial charge is 0.233 e. The van der Waals surface area contributed by atoms with Crippen molar-refractivity contribution in [3.8, 4) is 0 Å². The number of hydrogen-bond acceptors (Lipinski definition) is 3. The normalized spacial score (nSPS) is 22.0. The lowest BCUT2D eigenvalue weighted by molar-refractivity contribution is -0.120. The number of carbonyl (C=O) groups is 1. The second-order valence-electron chi connectivity index (χ2n) is 6.53. The summed E-state index contributed by atoms with van der Waals surface area (Å²) in [7, 11) is 0. The van der Waals surface area contributed by atoms with Crippen LogP contribution in [0.25, 0.3) is 0 Å². The Hall–Kier alpha value is -1.39. The molecule has 1 aromatic carbocycles. The van der Waals surface area contributed by atoms with E-state index in [2.05, 4.69) is 54.4 Å². The van der Waals surface area contributed by atoms with Crippen molar-refractivity contribution in [1.29, 1.82) is 0 Å². The molecule has 0 atom stereocenters. The summed E-state index contributed by atoms with van der Waals surface area (Å²) in [5.74, 6) is -0.0338. The number of nitrogens with zero attached hydrogens (tertiary/aromatic N) is 1. The molecular formula is C18H29N3O. The predicted molar refractivity (Wildman–Crippen MR) is 90.4 cm³/mol. The first-order valence-electron chi connectivity index (χ1n) is 8.39. The zero-order chi connectivity index (χ0) is 15.9. The molecule has 0 spiro atoms. The predicted octanol–water partition coefficient (Wildman–Crippen LogP) is 2.28. The minimum atomic E-state index is -0.0338. The number of rotatable bonds is 6. The van der Waals surface area contributed by atoms with Crippen LogP contribution in [-0.2, 0) is 11.3 Å². The highest BCUT2D eigenvalue weighted by molar-refractivity contribution is 5.78. The summed E-state index contributed by atoms with van der Waals surface area (Å²) in [6.07, 6.45) is 4.38. The summed E-state index contributed by atoms with van der Waals surface area (Å²) in [6.45, 7) is 5.63. The summed E-state index contributed by atoms with van der Waals surface area (Å²) in [5, 5.41) is 3.02. The average molecular weight is 303 g/mol. The zero-order valence-electron chi connectivity index (χ0n) is 13.8. The van der Waals surface area contributed by atoms with E-state index in [1.54, 1.807) is 0 Å². The summed E-state index contributed by atoms with van der Waals surface area (Å²) in [6, 6.07) is 12.1. The van der Waals surface area contributed by atoms with E-state index in [9.17, 15) is 4.79 Å². The van der Waals surface area contributed by atoms with Gasteiger partial charge in [-0.15, -0.1) is 0 Å². The summed E-state index contributed by atoms with van der Waals surface area (Å²) in [5.41, 5.74) is 6.74. The van der Waals surface area contributed by atoms with Crippen LogP contribution in [0.5, 0.6) is 0 Å². The van der Waals surface area contributed by atoms with Crippen LogP contribution in [0.3, 0.4) is 0 Å². The average Bonchev–Trinajstić information content (AvgIpc) is 2.54. The second-order valence-corrected chi connectivity index (χ2v) is 6.53. The Balaban J connectivity index is 1.90. The van der Waals surface area contributed by atoms with Crippen molar-refractivity contribution < 1.29 is 4.79 Å². The molecule has 0 heterocycles. The van der Waals surface area contributed by atoms with Gasteiger partial charge in [-0.2, -0.15) is 0 Å². The quantitative estimate of drug-likeness (QED) is 0.847. The highest BCUT2D eigenvalue weighted by Gasteiger charge is 2.27. The highest BCUT2D eigenvalue weighted by atomic mass is 16.1. The van der Waals surface area contributed by atoms with Gasteiger partial charge in [0.1, 0.15) is 0 Å². The first-order valence-corrected chi connectivity index (χ1v) is 8.39. The second kappa shape index (κ2) is 8.30. The molecule has 4 heteroatoms. The standard InChI is InChI=1S/C18H29N3O/c1-14(2)21(13-15-6-4-3-5-7-15)17-10-8-16(9-11-17)20-18(22)12-19/h3-7,14,16-17H,8-13,19H2,1-2H3,(H,20,22). The molecule has 0 radical (unpaired) electrons. The minimum absolute atomic E-state index is 0.0338. The van der Waals surface area contributed by atoms with Gasteiger partial charge in [-0.05, 0) is 45.1 Å². The van der Waals surface area contributed by atoms with Crippen molar-refractivity contribution in [2.75, 3.05) is 6.54 Å². The lowest BCUT2D eigenvalue weighted by Gasteiger charge is -2.39. The monoisotopic (exact) mass is 303 g/mol. The minimum Gasteiger partial charge on any atom is -0.352 e. The van der Waals surface area contributed by atoms with Crippen molar-refractivity contribution in [1.82, 2.24) is 10.2 Å². The van der Waals surface area contributed by atoms with Crippen molar-refractivity contribution >= 4 is 5.91 Å². The molecule has 0 aromatic heterocycles. The van der Waals surface area contributed by atoms with Crippen LogP contribution in [0.15, 0.2) is 30.3 Å². The van der Waals surface area contributed by atoms with Crippen molar-refractivity contribution in [3.63, 3.8) is 0 Å². The van der Waals surface area contributed by atoms with Crippen LogP contribution in [0.2, 0.25) is 0 Å². The summed E-state index contributed by atoms with van der Waals surface area (Å²) >= 11 is 0. The van der Waals surface area contributed by atoms with Gasteiger partial charge in [0.05, 0.1) is 6.54 Å². The maximum absolute atomic E-state index is 11.4. The van der Waals surface area contributed by atoms with Crippen LogP contribution >= 0.6 is 0 Å². The lowest BCUT2D eigenvalue weighted by Crippen LogP contribution is -2.46. The van der Waals surface area contributed by atoms with Gasteiger partial charge in [-0.3, -0.25) is 9.69 Å². The topological polar surface area (TPSA) is 58.4 Å². The van der Waals surface area contributed by atoms with Gasteiger partial charge in [-0.1, -0.05) is 30.3 Å². The zero-order valence-corrected chi connectivity index (χ0v) is 13.8. The van der Waals surface area contributed by atoms with Gasteiger partial charge in [0, 0.05) is 24.7 Å². The molecule has 1 fully saturated rings. The van der Waals surface area contributed by atoms with E-state index in [4.69, 9.17) is 5.73 Å². The van der Waals surface area contributed by atoms with Gasteiger partial charge in [0.2, 0.25) is 5.91 Å². The molecule has 1 amide bonds. The summed E-state index contributed by atoms with van der Waals surface area (Å²) < 4.78 is 0. The van der Waals surface area contributed by atoms with Crippen LogP contribution < -0.4 is 11.1 Å². The van der Waals surface area contributed by atoms with E-state index >= 15 is 0 Å². The van der Waals surface area contributed by atoms with E-state index < -0.39 is 0 Å². The van der Waals surface area contributed by atoms with E-state index in [0.29, 0.717) is 18.1 Å². The molecular weight excluding hydrogens is 274 g/mol. The third-order valence-corrected chi connectivity index (χ3v) is 4.59. The number of amides is 1. The molecule has 122 valence electrons. The fourth-order valence-electron chi connectivity index (χ4n) is 3.37. The fraction of sp³-hybridized carbons (Fsp3) is 0.611. The highest BCUT2D eigenvalue weighted by Crippen LogP contribution is 2.26. The lowest BCUT2D eigenvalue weighted by atomic mass is 9.89. The molecule has 1 aliphatic rings. The molecule has 1 aliphatic carbocycles. The molecule has 0 unspecified atom stereocenters. The van der Waals surface area contributed by atoms with Crippen LogP contribution in [-0.4, -0.2) is 35.5 Å². The maximum Gasteiger partial charge on any atom is 0.233 e. The van der Waals surface area contributed by atoms with Gasteiger partial charge in [0.15, 0.2) is 0 Å². The third-order valence-electron chi connectivity index (χ3n) is 4.59. The molecule has 4 nitrogen and oxygen atoms in total. The first kappa shape index (κ1) is 17.0. The van der Waals surface area contributed by atoms with Crippen LogP contribution in [0.1, 0.15) is 45.1 Å². The van der Waals surface area contributed by atoms with E-state index in [1.165, 1.54) is 5.56 Å². The van der Waals surface area contributed by atoms with E-state index in [0.717, 1.165) is 32.2 Å². The van der Waals surface area contributed by atoms with E-state index in [-0.39, 0.29) is 12.5 Å². The number of benzene rings is 1. The van der Waals surface area contributed by atoms with Crippen molar-refractivity contribution in [3.05, 3.63) is 35.9 Å². The molecule has 0 aliphatic heterocycles. The SMILES string of the molecule is CC(C)N(Cc1ccccc1)C1CCC(NC(=O)CN)CC1. The molecule has 0 saturated heterocycles. The van der Waals surface area contributed by atoms with Gasteiger partial charge in [0.25, 0.3) is 0 Å². The number of hydrogen-bond donors (Lipinski definition) is 2. The van der Waals surface area contributed by atoms with Gasteiger partial charge in [-0.25, -0.2) is 0 Å². The Morgan fingerprint density at radius 2 is 1.86 bits per heavy atom. The molecule has 3 N–H and O–H groups in total. The Labute approximate surface area is 134 Å². The van der Waals surface area contributed by atoms with Crippen molar-refractivity contribution in [2.45, 2.75) is 64.2 Å². The fourth-order valence-corrected chi connectivity index (χ4v) is 3.37. The van der Waals surface area contributed by atoms with Crippen molar-refractivity contribution in [2.24, 2.45) is 5.73 Å². The number of nitrogens with one attached hydrogen (secondary N) is 1. The number of nitrogens with two attached hydrogens (primary N) is 1. The van der Waals surface area contributed by atoms with E-state index in [1.807, 2.05) is 0 Å². The molecule has 0 bridgehead atoms. The Morgan fingerprint density at radius 1 is 1.23 bits per heavy atom. The molecule has 1 saturated carbocycles. The molecule has 1 aromatic rings. The largest absolute Gasteiger partial charge is 0.352 e. The summed E-state index contributed by atoms with van der Waals surface area (Å²) in [4.78, 5) is 14.0.